The van der Waals surface area contributed by atoms with Gasteiger partial charge in [-0.3, -0.25) is 4.57 Å². The summed E-state index contributed by atoms with van der Waals surface area (Å²) >= 11 is 2.40. The van der Waals surface area contributed by atoms with Crippen LogP contribution in [-0.4, -0.2) is 18.2 Å². The third-order valence-electron chi connectivity index (χ3n) is 4.07. The Labute approximate surface area is 170 Å². The van der Waals surface area contributed by atoms with Crippen LogP contribution in [0.1, 0.15) is 19.5 Å². The largest absolute Gasteiger partial charge is 0.364 e. The van der Waals surface area contributed by atoms with Gasteiger partial charge in [0, 0.05) is 10.9 Å². The van der Waals surface area contributed by atoms with Gasteiger partial charge in [-0.15, -0.1) is 0 Å². The van der Waals surface area contributed by atoms with Crippen LogP contribution in [0.2, 0.25) is 0 Å². The van der Waals surface area contributed by atoms with Gasteiger partial charge in [0.05, 0.1) is 18.7 Å². The smallest absolute Gasteiger partial charge is 0.305 e. The average Bonchev–Trinajstić information content (AvgIpc) is 2.67. The van der Waals surface area contributed by atoms with E-state index in [1.807, 2.05) is 6.07 Å². The number of alkyl halides is 3. The zero-order chi connectivity index (χ0) is 20.4. The Morgan fingerprint density at radius 3 is 2.14 bits per heavy atom. The molecule has 0 bridgehead atoms. The third kappa shape index (κ3) is 4.03. The average molecular weight is 470 g/mol. The molecule has 3 aromatic rings. The predicted octanol–water partition coefficient (Wildman–Crippen LogP) is 6.24. The molecular weight excluding hydrogens is 451 g/mol. The first kappa shape index (κ1) is 21.1. The molecule has 2 aromatic carbocycles. The normalized spacial score (nSPS) is 12.5. The van der Waals surface area contributed by atoms with Crippen LogP contribution in [0.25, 0.3) is 22.0 Å². The summed E-state index contributed by atoms with van der Waals surface area (Å²) in [6.45, 7) is 3.33. The molecule has 4 nitrogen and oxygen atoms in total. The summed E-state index contributed by atoms with van der Waals surface area (Å²) < 4.78 is 53.7. The minimum Gasteiger partial charge on any atom is -0.305 e. The van der Waals surface area contributed by atoms with E-state index < -0.39 is 18.1 Å². The lowest BCUT2D eigenvalue weighted by Gasteiger charge is -2.25. The number of aromatic nitrogens is 1. The molecule has 0 saturated carbocycles. The van der Waals surface area contributed by atoms with Gasteiger partial charge in [-0.25, -0.2) is 4.98 Å². The van der Waals surface area contributed by atoms with Crippen molar-refractivity contribution in [1.82, 2.24) is 4.98 Å². The molecule has 0 N–H and O–H groups in total. The van der Waals surface area contributed by atoms with Gasteiger partial charge in [-0.2, -0.15) is 8.78 Å². The van der Waals surface area contributed by atoms with Crippen molar-refractivity contribution in [2.24, 2.45) is 0 Å². The maximum atomic E-state index is 14.6. The van der Waals surface area contributed by atoms with E-state index in [0.717, 1.165) is 0 Å². The van der Waals surface area contributed by atoms with Crippen molar-refractivity contribution >= 4 is 39.7 Å². The SMILES string of the molecule is CCOP(=O)(OCC)c1c(C(F)(F)Br)nc2ccccc2c1-c1ccccc1. The molecule has 0 fully saturated rings. The summed E-state index contributed by atoms with van der Waals surface area (Å²) in [5.74, 6) is 0. The number of nitrogens with zero attached hydrogens (tertiary/aromatic N) is 1. The number of benzene rings is 2. The first-order valence-electron chi connectivity index (χ1n) is 8.77. The fraction of sp³-hybridized carbons (Fsp3) is 0.250. The van der Waals surface area contributed by atoms with Gasteiger partial charge in [-0.1, -0.05) is 48.5 Å². The van der Waals surface area contributed by atoms with Crippen LogP contribution in [0.5, 0.6) is 0 Å². The Morgan fingerprint density at radius 1 is 1.00 bits per heavy atom. The molecular formula is C20H19BrF2NO3P. The molecule has 28 heavy (non-hydrogen) atoms. The van der Waals surface area contributed by atoms with E-state index in [2.05, 4.69) is 20.9 Å². The van der Waals surface area contributed by atoms with Crippen LogP contribution in [0.4, 0.5) is 8.78 Å². The Kier molecular flexibility index (Phi) is 6.30. The molecule has 0 amide bonds. The van der Waals surface area contributed by atoms with Crippen molar-refractivity contribution < 1.29 is 22.4 Å². The van der Waals surface area contributed by atoms with Crippen LogP contribution in [0.3, 0.4) is 0 Å². The fourth-order valence-corrected chi connectivity index (χ4v) is 5.50. The van der Waals surface area contributed by atoms with Gasteiger partial charge >= 0.3 is 12.4 Å². The Balaban J connectivity index is 2.53. The van der Waals surface area contributed by atoms with E-state index in [-0.39, 0.29) is 18.5 Å². The first-order chi connectivity index (χ1) is 13.3. The number of hydrogen-bond acceptors (Lipinski definition) is 4. The Morgan fingerprint density at radius 2 is 1.57 bits per heavy atom. The van der Waals surface area contributed by atoms with Gasteiger partial charge in [-0.05, 0) is 41.4 Å². The molecule has 0 atom stereocenters. The first-order valence-corrected chi connectivity index (χ1v) is 11.1. The van der Waals surface area contributed by atoms with Crippen LogP contribution in [0, 0.1) is 0 Å². The summed E-state index contributed by atoms with van der Waals surface area (Å²) in [6.07, 6.45) is 0. The molecule has 0 aliphatic heterocycles. The van der Waals surface area contributed by atoms with E-state index in [4.69, 9.17) is 9.05 Å². The second-order valence-electron chi connectivity index (χ2n) is 5.90. The molecule has 0 radical (unpaired) electrons. The van der Waals surface area contributed by atoms with Gasteiger partial charge in [0.1, 0.15) is 11.0 Å². The van der Waals surface area contributed by atoms with E-state index in [1.165, 1.54) is 0 Å². The molecule has 0 saturated heterocycles. The number of para-hydroxylation sites is 1. The molecule has 148 valence electrons. The number of hydrogen-bond donors (Lipinski definition) is 0. The summed E-state index contributed by atoms with van der Waals surface area (Å²) in [4.78, 5) is 0.606. The summed E-state index contributed by atoms with van der Waals surface area (Å²) in [7, 11) is -4.09. The molecule has 0 unspecified atom stereocenters. The highest BCUT2D eigenvalue weighted by molar-refractivity contribution is 9.09. The number of rotatable bonds is 7. The molecule has 0 spiro atoms. The highest BCUT2D eigenvalue weighted by Gasteiger charge is 2.43. The molecule has 1 heterocycles. The van der Waals surface area contributed by atoms with E-state index in [1.54, 1.807) is 62.4 Å². The van der Waals surface area contributed by atoms with E-state index in [9.17, 15) is 13.3 Å². The van der Waals surface area contributed by atoms with E-state index in [0.29, 0.717) is 22.0 Å². The standard InChI is InChI=1S/C20H19BrF2NO3P/c1-3-26-28(25,27-4-2)18-17(14-10-6-5-7-11-14)15-12-8-9-13-16(15)24-19(18)20(21,22)23/h5-13H,3-4H2,1-2H3. The van der Waals surface area contributed by atoms with Crippen LogP contribution < -0.4 is 5.30 Å². The highest BCUT2D eigenvalue weighted by atomic mass is 79.9. The predicted molar refractivity (Wildman–Crippen MR) is 110 cm³/mol. The van der Waals surface area contributed by atoms with Crippen LogP contribution in [0.15, 0.2) is 54.6 Å². The number of pyridine rings is 1. The van der Waals surface area contributed by atoms with Gasteiger partial charge < -0.3 is 9.05 Å². The number of fused-ring (bicyclic) bond motifs is 1. The molecule has 1 aromatic heterocycles. The lowest BCUT2D eigenvalue weighted by atomic mass is 10.00. The van der Waals surface area contributed by atoms with Crippen molar-refractivity contribution in [3.8, 4) is 11.1 Å². The summed E-state index contributed by atoms with van der Waals surface area (Å²) in [5.41, 5.74) is 0.674. The van der Waals surface area contributed by atoms with Gasteiger partial charge in [0.25, 0.3) is 0 Å². The van der Waals surface area contributed by atoms with Crippen LogP contribution >= 0.6 is 23.5 Å². The van der Waals surface area contributed by atoms with E-state index >= 15 is 0 Å². The van der Waals surface area contributed by atoms with Crippen LogP contribution in [-0.2, 0) is 18.4 Å². The third-order valence-corrected chi connectivity index (χ3v) is 6.62. The maximum absolute atomic E-state index is 14.6. The number of halogens is 3. The second kappa shape index (κ2) is 8.37. The minimum absolute atomic E-state index is 0.0334. The minimum atomic E-state index is -4.09. The maximum Gasteiger partial charge on any atom is 0.364 e. The van der Waals surface area contributed by atoms with Gasteiger partial charge in [0.15, 0.2) is 0 Å². The van der Waals surface area contributed by atoms with Crippen molar-refractivity contribution in [3.63, 3.8) is 0 Å². The zero-order valence-corrected chi connectivity index (χ0v) is 17.8. The van der Waals surface area contributed by atoms with Crippen molar-refractivity contribution in [2.75, 3.05) is 13.2 Å². The molecule has 3 rings (SSSR count). The monoisotopic (exact) mass is 469 g/mol. The second-order valence-corrected chi connectivity index (χ2v) is 8.85. The van der Waals surface area contributed by atoms with Crippen molar-refractivity contribution in [3.05, 3.63) is 60.3 Å². The quantitative estimate of drug-likeness (QED) is 0.303. The topological polar surface area (TPSA) is 48.4 Å². The summed E-state index contributed by atoms with van der Waals surface area (Å²) in [5, 5.41) is 0.367. The highest BCUT2D eigenvalue weighted by Crippen LogP contribution is 2.53. The fourth-order valence-electron chi connectivity index (χ4n) is 3.07. The lowest BCUT2D eigenvalue weighted by Crippen LogP contribution is -2.25. The molecule has 0 aliphatic rings. The Hall–Kier alpha value is -1.66. The zero-order valence-electron chi connectivity index (χ0n) is 15.4. The van der Waals surface area contributed by atoms with Gasteiger partial charge in [0.2, 0.25) is 0 Å². The lowest BCUT2D eigenvalue weighted by molar-refractivity contribution is 0.110. The summed E-state index contributed by atoms with van der Waals surface area (Å²) in [6, 6.07) is 15.8. The molecule has 8 heteroatoms. The van der Waals surface area contributed by atoms with Crippen molar-refractivity contribution in [1.29, 1.82) is 0 Å². The molecule has 0 aliphatic carbocycles. The Bertz CT molecular complexity index is 1020. The van der Waals surface area contributed by atoms with Crippen molar-refractivity contribution in [2.45, 2.75) is 18.7 Å².